The zero-order valence-corrected chi connectivity index (χ0v) is 13.9. The average Bonchev–Trinajstić information content (AvgIpc) is 3.04. The minimum Gasteiger partial charge on any atom is -0.375 e. The minimum atomic E-state index is 0.0855. The molecule has 1 fully saturated rings. The number of nitrogens with zero attached hydrogens (tertiary/aromatic N) is 4. The topological polar surface area (TPSA) is 41.5 Å². The molecule has 0 bridgehead atoms. The molecule has 0 spiro atoms. The van der Waals surface area contributed by atoms with Crippen molar-refractivity contribution < 1.29 is 4.74 Å². The van der Waals surface area contributed by atoms with Gasteiger partial charge in [0.25, 0.3) is 0 Å². The lowest BCUT2D eigenvalue weighted by molar-refractivity contribution is 0.119. The summed E-state index contributed by atoms with van der Waals surface area (Å²) in [6.07, 6.45) is 3.80. The molecular formula is C16H22N4OS. The number of rotatable bonds is 5. The van der Waals surface area contributed by atoms with Crippen LogP contribution in [0.3, 0.4) is 0 Å². The van der Waals surface area contributed by atoms with E-state index in [2.05, 4.69) is 37.3 Å². The second kappa shape index (κ2) is 7.17. The fourth-order valence-electron chi connectivity index (χ4n) is 2.63. The summed E-state index contributed by atoms with van der Waals surface area (Å²) in [5.41, 5.74) is 2.42. The molecule has 0 amide bonds. The van der Waals surface area contributed by atoms with Crippen LogP contribution in [0.25, 0.3) is 0 Å². The quantitative estimate of drug-likeness (QED) is 0.847. The first-order chi connectivity index (χ1) is 10.8. The largest absolute Gasteiger partial charge is 0.375 e. The molecule has 1 saturated heterocycles. The van der Waals surface area contributed by atoms with E-state index in [0.717, 1.165) is 43.4 Å². The molecule has 3 rings (SSSR count). The zero-order valence-electron chi connectivity index (χ0n) is 13.1. The van der Waals surface area contributed by atoms with Gasteiger partial charge in [-0.25, -0.2) is 4.98 Å². The van der Waals surface area contributed by atoms with Crippen LogP contribution in [-0.4, -0.2) is 48.2 Å². The van der Waals surface area contributed by atoms with Crippen molar-refractivity contribution in [3.63, 3.8) is 0 Å². The van der Waals surface area contributed by atoms with Crippen molar-refractivity contribution >= 4 is 17.0 Å². The Hall–Kier alpha value is -1.50. The second-order valence-electron chi connectivity index (χ2n) is 5.52. The van der Waals surface area contributed by atoms with Crippen LogP contribution in [-0.2, 0) is 11.3 Å². The van der Waals surface area contributed by atoms with Crippen molar-refractivity contribution in [3.8, 4) is 0 Å². The Bertz CT molecular complexity index is 581. The number of ether oxygens (including phenoxy) is 1. The Morgan fingerprint density at radius 3 is 2.64 bits per heavy atom. The summed E-state index contributed by atoms with van der Waals surface area (Å²) in [6, 6.07) is 4.16. The van der Waals surface area contributed by atoms with Gasteiger partial charge in [-0.3, -0.25) is 9.88 Å². The van der Waals surface area contributed by atoms with Gasteiger partial charge in [0.05, 0.1) is 5.69 Å². The summed E-state index contributed by atoms with van der Waals surface area (Å²) in [7, 11) is 1.73. The fourth-order valence-corrected chi connectivity index (χ4v) is 3.47. The third-order valence-corrected chi connectivity index (χ3v) is 5.11. The third-order valence-electron chi connectivity index (χ3n) is 4.06. The Labute approximate surface area is 135 Å². The highest BCUT2D eigenvalue weighted by molar-refractivity contribution is 7.09. The van der Waals surface area contributed by atoms with E-state index < -0.39 is 0 Å². The van der Waals surface area contributed by atoms with E-state index in [9.17, 15) is 0 Å². The van der Waals surface area contributed by atoms with E-state index in [-0.39, 0.29) is 6.10 Å². The molecule has 0 radical (unpaired) electrons. The normalized spacial score (nSPS) is 17.6. The van der Waals surface area contributed by atoms with Gasteiger partial charge in [-0.2, -0.15) is 0 Å². The lowest BCUT2D eigenvalue weighted by Crippen LogP contribution is -2.46. The van der Waals surface area contributed by atoms with E-state index in [0.29, 0.717) is 0 Å². The Balaban J connectivity index is 1.53. The maximum absolute atomic E-state index is 5.33. The fraction of sp³-hybridized carbons (Fsp3) is 0.500. The van der Waals surface area contributed by atoms with Gasteiger partial charge >= 0.3 is 0 Å². The number of anilines is 1. The molecule has 0 unspecified atom stereocenters. The maximum Gasteiger partial charge on any atom is 0.122 e. The Kier molecular flexibility index (Phi) is 5.02. The molecule has 2 aromatic heterocycles. The van der Waals surface area contributed by atoms with Crippen molar-refractivity contribution in [2.24, 2.45) is 0 Å². The first kappa shape index (κ1) is 15.4. The van der Waals surface area contributed by atoms with Gasteiger partial charge in [-0.05, 0) is 19.1 Å². The summed E-state index contributed by atoms with van der Waals surface area (Å²) < 4.78 is 5.33. The Morgan fingerprint density at radius 1 is 1.23 bits per heavy atom. The molecule has 0 aliphatic carbocycles. The lowest BCUT2D eigenvalue weighted by Gasteiger charge is -2.35. The lowest BCUT2D eigenvalue weighted by atomic mass is 10.2. The van der Waals surface area contributed by atoms with Crippen LogP contribution in [0.4, 0.5) is 5.69 Å². The van der Waals surface area contributed by atoms with Gasteiger partial charge in [0.1, 0.15) is 11.1 Å². The van der Waals surface area contributed by atoms with Gasteiger partial charge in [-0.15, -0.1) is 11.3 Å². The van der Waals surface area contributed by atoms with Crippen molar-refractivity contribution in [2.45, 2.75) is 19.6 Å². The number of aromatic nitrogens is 2. The predicted molar refractivity (Wildman–Crippen MR) is 89.3 cm³/mol. The first-order valence-corrected chi connectivity index (χ1v) is 8.48. The molecule has 0 aromatic carbocycles. The molecule has 0 saturated carbocycles. The van der Waals surface area contributed by atoms with Crippen molar-refractivity contribution in [1.29, 1.82) is 0 Å². The number of methoxy groups -OCH3 is 1. The smallest absolute Gasteiger partial charge is 0.122 e. The van der Waals surface area contributed by atoms with Crippen LogP contribution >= 0.6 is 11.3 Å². The molecule has 118 valence electrons. The summed E-state index contributed by atoms with van der Waals surface area (Å²) in [6.45, 7) is 7.20. The molecule has 1 atom stereocenters. The van der Waals surface area contributed by atoms with Crippen LogP contribution in [0.5, 0.6) is 0 Å². The van der Waals surface area contributed by atoms with E-state index in [1.165, 1.54) is 5.69 Å². The van der Waals surface area contributed by atoms with Crippen LogP contribution in [0.2, 0.25) is 0 Å². The maximum atomic E-state index is 5.33. The number of hydrogen-bond acceptors (Lipinski definition) is 6. The third kappa shape index (κ3) is 3.63. The van der Waals surface area contributed by atoms with Crippen LogP contribution < -0.4 is 4.90 Å². The minimum absolute atomic E-state index is 0.0855. The van der Waals surface area contributed by atoms with E-state index in [1.54, 1.807) is 18.4 Å². The van der Waals surface area contributed by atoms with Crippen LogP contribution in [0, 0.1) is 0 Å². The zero-order chi connectivity index (χ0) is 15.4. The van der Waals surface area contributed by atoms with Gasteiger partial charge in [0.2, 0.25) is 0 Å². The van der Waals surface area contributed by atoms with E-state index >= 15 is 0 Å². The van der Waals surface area contributed by atoms with Gasteiger partial charge < -0.3 is 9.64 Å². The Morgan fingerprint density at radius 2 is 1.95 bits per heavy atom. The van der Waals surface area contributed by atoms with Crippen molar-refractivity contribution in [1.82, 2.24) is 14.9 Å². The number of thiazole rings is 1. The summed E-state index contributed by atoms with van der Waals surface area (Å²) in [5.74, 6) is 0. The molecular weight excluding hydrogens is 296 g/mol. The van der Waals surface area contributed by atoms with E-state index in [1.807, 2.05) is 19.3 Å². The van der Waals surface area contributed by atoms with Crippen LogP contribution in [0.15, 0.2) is 29.9 Å². The number of piperazine rings is 1. The summed E-state index contributed by atoms with van der Waals surface area (Å²) in [4.78, 5) is 13.6. The van der Waals surface area contributed by atoms with Gasteiger partial charge in [-0.1, -0.05) is 0 Å². The van der Waals surface area contributed by atoms with Crippen molar-refractivity contribution in [3.05, 3.63) is 40.6 Å². The average molecular weight is 318 g/mol. The molecule has 5 nitrogen and oxygen atoms in total. The molecule has 22 heavy (non-hydrogen) atoms. The van der Waals surface area contributed by atoms with Crippen LogP contribution in [0.1, 0.15) is 23.7 Å². The molecule has 2 aromatic rings. The van der Waals surface area contributed by atoms with E-state index in [4.69, 9.17) is 4.74 Å². The van der Waals surface area contributed by atoms with Gasteiger partial charge in [0.15, 0.2) is 0 Å². The molecule has 6 heteroatoms. The molecule has 3 heterocycles. The highest BCUT2D eigenvalue weighted by atomic mass is 32.1. The first-order valence-electron chi connectivity index (χ1n) is 7.60. The second-order valence-corrected chi connectivity index (χ2v) is 6.41. The highest BCUT2D eigenvalue weighted by Gasteiger charge is 2.18. The number of hydrogen-bond donors (Lipinski definition) is 0. The molecule has 0 N–H and O–H groups in total. The highest BCUT2D eigenvalue weighted by Crippen LogP contribution is 2.22. The number of pyridine rings is 1. The molecule has 1 aliphatic rings. The summed E-state index contributed by atoms with van der Waals surface area (Å²) in [5, 5.41) is 3.22. The summed E-state index contributed by atoms with van der Waals surface area (Å²) >= 11 is 1.69. The predicted octanol–water partition coefficient (Wildman–Crippen LogP) is 2.57. The molecule has 1 aliphatic heterocycles. The standard InChI is InChI=1S/C16H22N4OS/c1-13(21-2)16-18-14(12-22-16)11-19-7-9-20(10-8-19)15-3-5-17-6-4-15/h3-6,12-13H,7-11H2,1-2H3/t13-/m0/s1. The SMILES string of the molecule is CO[C@@H](C)c1nc(CN2CCN(c3ccncc3)CC2)cs1. The van der Waals surface area contributed by atoms with Gasteiger partial charge in [0, 0.05) is 63.3 Å². The monoisotopic (exact) mass is 318 g/mol. The van der Waals surface area contributed by atoms with Crippen molar-refractivity contribution in [2.75, 3.05) is 38.2 Å².